The average Bonchev–Trinajstić information content (AvgIpc) is 3.27. The number of nitriles is 1. The monoisotopic (exact) mass is 773 g/mol. The van der Waals surface area contributed by atoms with Crippen LogP contribution in [0.1, 0.15) is 29.7 Å². The Morgan fingerprint density at radius 2 is 1.75 bits per heavy atom. The SMILES string of the molecule is CCOC(=O)C1=C(c2ccccc2)N=c2s/c(=C\c3cc(I)c(OCC#N)c(I)c3)c(=O)n2[C@@H]1c1ccccc1. The van der Waals surface area contributed by atoms with E-state index >= 15 is 0 Å². The molecule has 4 aromatic rings. The second kappa shape index (κ2) is 12.5. The second-order valence-corrected chi connectivity index (χ2v) is 11.9. The molecule has 0 amide bonds. The van der Waals surface area contributed by atoms with Gasteiger partial charge in [0.15, 0.2) is 11.4 Å². The van der Waals surface area contributed by atoms with Crippen LogP contribution in [0, 0.1) is 18.5 Å². The zero-order valence-electron chi connectivity index (χ0n) is 21.1. The average molecular weight is 773 g/mol. The van der Waals surface area contributed by atoms with Crippen molar-refractivity contribution in [3.05, 3.63) is 122 Å². The molecular weight excluding hydrogens is 752 g/mol. The minimum atomic E-state index is -0.712. The van der Waals surface area contributed by atoms with E-state index in [9.17, 15) is 9.59 Å². The Labute approximate surface area is 261 Å². The maximum absolute atomic E-state index is 14.0. The van der Waals surface area contributed by atoms with E-state index in [0.717, 1.165) is 23.8 Å². The summed E-state index contributed by atoms with van der Waals surface area (Å²) in [5, 5.41) is 8.88. The number of ether oxygens (including phenoxy) is 2. The molecule has 0 bridgehead atoms. The molecule has 1 atom stereocenters. The van der Waals surface area contributed by atoms with E-state index in [1.165, 1.54) is 11.3 Å². The molecule has 0 radical (unpaired) electrons. The predicted molar refractivity (Wildman–Crippen MR) is 170 cm³/mol. The molecule has 200 valence electrons. The molecule has 1 aliphatic heterocycles. The topological polar surface area (TPSA) is 93.7 Å². The van der Waals surface area contributed by atoms with Crippen molar-refractivity contribution in [2.45, 2.75) is 13.0 Å². The van der Waals surface area contributed by atoms with E-state index in [0.29, 0.717) is 26.4 Å². The van der Waals surface area contributed by atoms with Gasteiger partial charge in [-0.1, -0.05) is 72.0 Å². The first kappa shape index (κ1) is 28.3. The molecule has 1 aliphatic rings. The Hall–Kier alpha value is -3.28. The van der Waals surface area contributed by atoms with Crippen molar-refractivity contribution in [1.82, 2.24) is 4.57 Å². The summed E-state index contributed by atoms with van der Waals surface area (Å²) in [5.41, 5.74) is 2.92. The van der Waals surface area contributed by atoms with Crippen molar-refractivity contribution in [2.75, 3.05) is 13.2 Å². The van der Waals surface area contributed by atoms with Crippen LogP contribution in [0.5, 0.6) is 5.75 Å². The van der Waals surface area contributed by atoms with Crippen molar-refractivity contribution < 1.29 is 14.3 Å². The van der Waals surface area contributed by atoms with Gasteiger partial charge in [-0.2, -0.15) is 5.26 Å². The summed E-state index contributed by atoms with van der Waals surface area (Å²) in [7, 11) is 0. The number of thiazole rings is 1. The van der Waals surface area contributed by atoms with Crippen LogP contribution < -0.4 is 19.6 Å². The maximum Gasteiger partial charge on any atom is 0.338 e. The van der Waals surface area contributed by atoms with Gasteiger partial charge in [-0.05, 0) is 81.4 Å². The number of hydrogen-bond acceptors (Lipinski definition) is 7. The second-order valence-electron chi connectivity index (χ2n) is 8.60. The quantitative estimate of drug-likeness (QED) is 0.194. The number of carbonyl (C=O) groups is 1. The van der Waals surface area contributed by atoms with E-state index in [1.807, 2.05) is 84.9 Å². The fourth-order valence-electron chi connectivity index (χ4n) is 4.45. The molecule has 2 heterocycles. The first-order valence-electron chi connectivity index (χ1n) is 12.2. The molecular formula is C30H21I2N3O4S. The van der Waals surface area contributed by atoms with Crippen LogP contribution in [0.15, 0.2) is 88.2 Å². The third-order valence-corrected chi connectivity index (χ3v) is 8.67. The van der Waals surface area contributed by atoms with Crippen LogP contribution >= 0.6 is 56.5 Å². The molecule has 0 unspecified atom stereocenters. The van der Waals surface area contributed by atoms with Gasteiger partial charge in [0.2, 0.25) is 0 Å². The van der Waals surface area contributed by atoms with E-state index in [2.05, 4.69) is 45.2 Å². The van der Waals surface area contributed by atoms with Gasteiger partial charge in [0.25, 0.3) is 5.56 Å². The van der Waals surface area contributed by atoms with Crippen LogP contribution in [-0.2, 0) is 9.53 Å². The van der Waals surface area contributed by atoms with Gasteiger partial charge in [0, 0.05) is 5.56 Å². The first-order valence-corrected chi connectivity index (χ1v) is 15.2. The number of aromatic nitrogens is 1. The Kier molecular flexibility index (Phi) is 8.82. The standard InChI is InChI=1S/C30H21I2N3O4S/c1-2-38-29(37)24-25(19-9-5-3-6-10-19)34-30-35(26(24)20-11-7-4-8-12-20)28(36)23(40-30)17-18-15-21(31)27(22(32)16-18)39-14-13-33/h3-12,15-17,26H,2,14H2,1H3/b23-17-/t26-/m1/s1. The van der Waals surface area contributed by atoms with E-state index in [-0.39, 0.29) is 18.8 Å². The summed E-state index contributed by atoms with van der Waals surface area (Å²) < 4.78 is 14.8. The normalized spacial score (nSPS) is 14.8. The first-order chi connectivity index (χ1) is 19.4. The molecule has 10 heteroatoms. The molecule has 0 saturated heterocycles. The van der Waals surface area contributed by atoms with E-state index < -0.39 is 12.0 Å². The molecule has 40 heavy (non-hydrogen) atoms. The third-order valence-electron chi connectivity index (χ3n) is 6.09. The highest BCUT2D eigenvalue weighted by Crippen LogP contribution is 2.35. The number of halogens is 2. The largest absolute Gasteiger partial charge is 0.477 e. The highest BCUT2D eigenvalue weighted by molar-refractivity contribution is 14.1. The fraction of sp³-hybridized carbons (Fsp3) is 0.133. The molecule has 7 nitrogen and oxygen atoms in total. The number of esters is 1. The Morgan fingerprint density at radius 3 is 2.38 bits per heavy atom. The summed E-state index contributed by atoms with van der Waals surface area (Å²) in [6, 6.07) is 24.0. The third kappa shape index (κ3) is 5.63. The molecule has 0 aliphatic carbocycles. The summed E-state index contributed by atoms with van der Waals surface area (Å²) >= 11 is 5.60. The summed E-state index contributed by atoms with van der Waals surface area (Å²) in [5.74, 6) is 0.127. The number of nitrogens with zero attached hydrogens (tertiary/aromatic N) is 3. The van der Waals surface area contributed by atoms with Gasteiger partial charge in [0.05, 0.1) is 35.6 Å². The van der Waals surface area contributed by atoms with Crippen molar-refractivity contribution >= 4 is 74.3 Å². The lowest BCUT2D eigenvalue weighted by molar-refractivity contribution is -0.138. The fourth-order valence-corrected chi connectivity index (χ4v) is 7.58. The predicted octanol–water partition coefficient (Wildman–Crippen LogP) is 5.05. The number of rotatable bonds is 7. The lowest BCUT2D eigenvalue weighted by atomic mass is 9.93. The van der Waals surface area contributed by atoms with Crippen LogP contribution in [0.25, 0.3) is 11.8 Å². The van der Waals surface area contributed by atoms with Crippen LogP contribution in [0.2, 0.25) is 0 Å². The van der Waals surface area contributed by atoms with Crippen molar-refractivity contribution in [3.8, 4) is 11.8 Å². The molecule has 0 fully saturated rings. The molecule has 0 saturated carbocycles. The summed E-state index contributed by atoms with van der Waals surface area (Å²) in [4.78, 5) is 32.8. The Bertz CT molecular complexity index is 1820. The van der Waals surface area contributed by atoms with E-state index in [1.54, 1.807) is 11.5 Å². The van der Waals surface area contributed by atoms with Gasteiger partial charge in [-0.15, -0.1) is 0 Å². The number of fused-ring (bicyclic) bond motifs is 1. The van der Waals surface area contributed by atoms with Crippen molar-refractivity contribution in [1.29, 1.82) is 5.26 Å². The summed E-state index contributed by atoms with van der Waals surface area (Å²) in [6.07, 6.45) is 1.82. The Balaban J connectivity index is 1.76. The Morgan fingerprint density at radius 1 is 1.10 bits per heavy atom. The van der Waals surface area contributed by atoms with Crippen molar-refractivity contribution in [2.24, 2.45) is 4.99 Å². The van der Waals surface area contributed by atoms with Gasteiger partial charge in [-0.3, -0.25) is 9.36 Å². The maximum atomic E-state index is 14.0. The van der Waals surface area contributed by atoms with Crippen LogP contribution in [0.4, 0.5) is 0 Å². The number of benzene rings is 3. The van der Waals surface area contributed by atoms with Crippen LogP contribution in [-0.4, -0.2) is 23.8 Å². The lowest BCUT2D eigenvalue weighted by Gasteiger charge is -2.25. The summed E-state index contributed by atoms with van der Waals surface area (Å²) in [6.45, 7) is 1.91. The molecule has 3 aromatic carbocycles. The van der Waals surface area contributed by atoms with Gasteiger partial charge in [0.1, 0.15) is 11.8 Å². The van der Waals surface area contributed by atoms with Crippen LogP contribution in [0.3, 0.4) is 0 Å². The van der Waals surface area contributed by atoms with Crippen molar-refractivity contribution in [3.63, 3.8) is 0 Å². The van der Waals surface area contributed by atoms with E-state index in [4.69, 9.17) is 19.7 Å². The lowest BCUT2D eigenvalue weighted by Crippen LogP contribution is -2.40. The molecule has 5 rings (SSSR count). The highest BCUT2D eigenvalue weighted by Gasteiger charge is 2.35. The molecule has 1 aromatic heterocycles. The van der Waals surface area contributed by atoms with Gasteiger partial charge < -0.3 is 9.47 Å². The van der Waals surface area contributed by atoms with Gasteiger partial charge >= 0.3 is 5.97 Å². The number of hydrogen-bond donors (Lipinski definition) is 0. The number of carbonyl (C=O) groups excluding carboxylic acids is 1. The minimum Gasteiger partial charge on any atom is -0.477 e. The highest BCUT2D eigenvalue weighted by atomic mass is 127. The zero-order chi connectivity index (χ0) is 28.2. The molecule has 0 N–H and O–H groups in total. The smallest absolute Gasteiger partial charge is 0.338 e. The minimum absolute atomic E-state index is 0.0457. The molecule has 0 spiro atoms. The van der Waals surface area contributed by atoms with Gasteiger partial charge in [-0.25, -0.2) is 9.79 Å². The zero-order valence-corrected chi connectivity index (χ0v) is 26.3.